The summed E-state index contributed by atoms with van der Waals surface area (Å²) in [6.07, 6.45) is 0. The van der Waals surface area contributed by atoms with Gasteiger partial charge in [-0.2, -0.15) is 0 Å². The standard InChI is InChI=1S/C20H20FN3OS/c1-12-9-10-15(11-13(12)2)18(25)14(3)26-20-23-22-19(24(20)4)16-7-5-6-8-17(16)21/h5-11,14H,1-4H3/t14-/m0/s1. The van der Waals surface area contributed by atoms with Gasteiger partial charge in [0, 0.05) is 12.6 Å². The minimum absolute atomic E-state index is 0.0357. The monoisotopic (exact) mass is 369 g/mol. The number of rotatable bonds is 5. The predicted octanol–water partition coefficient (Wildman–Crippen LogP) is 4.60. The minimum Gasteiger partial charge on any atom is -0.305 e. The third-order valence-electron chi connectivity index (χ3n) is 4.39. The first kappa shape index (κ1) is 18.3. The lowest BCUT2D eigenvalue weighted by atomic mass is 10.0. The number of hydrogen-bond acceptors (Lipinski definition) is 4. The van der Waals surface area contributed by atoms with Gasteiger partial charge in [0.15, 0.2) is 16.8 Å². The maximum atomic E-state index is 14.0. The lowest BCUT2D eigenvalue weighted by Crippen LogP contribution is -2.14. The first-order chi connectivity index (χ1) is 12.4. The number of aryl methyl sites for hydroxylation is 2. The Balaban J connectivity index is 1.82. The van der Waals surface area contributed by atoms with Gasteiger partial charge in [-0.15, -0.1) is 10.2 Å². The molecule has 6 heteroatoms. The Hall–Kier alpha value is -2.47. The molecule has 0 amide bonds. The predicted molar refractivity (Wildman–Crippen MR) is 102 cm³/mol. The zero-order chi connectivity index (χ0) is 18.8. The van der Waals surface area contributed by atoms with Gasteiger partial charge in [-0.3, -0.25) is 4.79 Å². The van der Waals surface area contributed by atoms with Gasteiger partial charge in [0.25, 0.3) is 0 Å². The van der Waals surface area contributed by atoms with Gasteiger partial charge >= 0.3 is 0 Å². The average Bonchev–Trinajstić information content (AvgIpc) is 2.97. The summed E-state index contributed by atoms with van der Waals surface area (Å²) in [6, 6.07) is 12.2. The highest BCUT2D eigenvalue weighted by Crippen LogP contribution is 2.28. The maximum Gasteiger partial charge on any atom is 0.191 e. The van der Waals surface area contributed by atoms with Crippen molar-refractivity contribution >= 4 is 17.5 Å². The van der Waals surface area contributed by atoms with Crippen LogP contribution in [0.1, 0.15) is 28.4 Å². The smallest absolute Gasteiger partial charge is 0.191 e. The van der Waals surface area contributed by atoms with E-state index in [9.17, 15) is 9.18 Å². The maximum absolute atomic E-state index is 14.0. The Morgan fingerprint density at radius 2 is 1.85 bits per heavy atom. The van der Waals surface area contributed by atoms with Crippen LogP contribution in [0.3, 0.4) is 0 Å². The molecule has 0 saturated heterocycles. The second-order valence-electron chi connectivity index (χ2n) is 6.27. The summed E-state index contributed by atoms with van der Waals surface area (Å²) in [5.74, 6) is 0.128. The number of halogens is 1. The van der Waals surface area contributed by atoms with E-state index in [1.807, 2.05) is 39.0 Å². The summed E-state index contributed by atoms with van der Waals surface area (Å²) < 4.78 is 15.7. The van der Waals surface area contributed by atoms with Crippen LogP contribution >= 0.6 is 11.8 Å². The molecule has 1 aromatic heterocycles. The molecule has 3 rings (SSSR count). The summed E-state index contributed by atoms with van der Waals surface area (Å²) in [5, 5.41) is 8.49. The highest BCUT2D eigenvalue weighted by atomic mass is 32.2. The molecule has 1 heterocycles. The normalized spacial score (nSPS) is 12.2. The largest absolute Gasteiger partial charge is 0.305 e. The zero-order valence-corrected chi connectivity index (χ0v) is 16.0. The van der Waals surface area contributed by atoms with Crippen LogP contribution in [0.5, 0.6) is 0 Å². The van der Waals surface area contributed by atoms with Crippen molar-refractivity contribution in [1.82, 2.24) is 14.8 Å². The second-order valence-corrected chi connectivity index (χ2v) is 7.58. The fourth-order valence-electron chi connectivity index (χ4n) is 2.64. The Morgan fingerprint density at radius 1 is 1.12 bits per heavy atom. The summed E-state index contributed by atoms with van der Waals surface area (Å²) >= 11 is 1.32. The van der Waals surface area contributed by atoms with Crippen molar-refractivity contribution in [3.8, 4) is 11.4 Å². The fraction of sp³-hybridized carbons (Fsp3) is 0.250. The van der Waals surface area contributed by atoms with Crippen LogP contribution in [0.4, 0.5) is 4.39 Å². The summed E-state index contributed by atoms with van der Waals surface area (Å²) in [5.41, 5.74) is 3.32. The first-order valence-electron chi connectivity index (χ1n) is 8.31. The van der Waals surface area contributed by atoms with E-state index in [-0.39, 0.29) is 16.9 Å². The molecule has 0 fully saturated rings. The Bertz CT molecular complexity index is 967. The van der Waals surface area contributed by atoms with E-state index < -0.39 is 0 Å². The second kappa shape index (κ2) is 7.41. The summed E-state index contributed by atoms with van der Waals surface area (Å²) in [7, 11) is 1.78. The third-order valence-corrected chi connectivity index (χ3v) is 5.53. The van der Waals surface area contributed by atoms with Crippen LogP contribution in [-0.4, -0.2) is 25.8 Å². The number of ketones is 1. The van der Waals surface area contributed by atoms with Crippen molar-refractivity contribution in [2.24, 2.45) is 7.05 Å². The van der Waals surface area contributed by atoms with Gasteiger partial charge in [0.1, 0.15) is 5.82 Å². The van der Waals surface area contributed by atoms with E-state index in [0.29, 0.717) is 22.1 Å². The Morgan fingerprint density at radius 3 is 2.54 bits per heavy atom. The van der Waals surface area contributed by atoms with Crippen LogP contribution < -0.4 is 0 Å². The molecule has 0 aliphatic rings. The molecule has 0 aliphatic heterocycles. The van der Waals surface area contributed by atoms with Crippen molar-refractivity contribution in [2.45, 2.75) is 31.2 Å². The van der Waals surface area contributed by atoms with Crippen molar-refractivity contribution in [3.63, 3.8) is 0 Å². The zero-order valence-electron chi connectivity index (χ0n) is 15.2. The van der Waals surface area contributed by atoms with Gasteiger partial charge in [-0.1, -0.05) is 36.0 Å². The third kappa shape index (κ3) is 3.55. The van der Waals surface area contributed by atoms with Crippen molar-refractivity contribution < 1.29 is 9.18 Å². The molecule has 1 atom stereocenters. The van der Waals surface area contributed by atoms with Crippen molar-refractivity contribution in [3.05, 3.63) is 65.0 Å². The van der Waals surface area contributed by atoms with E-state index in [0.717, 1.165) is 11.1 Å². The molecule has 134 valence electrons. The van der Waals surface area contributed by atoms with Gasteiger partial charge in [-0.25, -0.2) is 4.39 Å². The molecule has 26 heavy (non-hydrogen) atoms. The number of nitrogens with zero attached hydrogens (tertiary/aromatic N) is 3. The molecule has 2 aromatic carbocycles. The number of hydrogen-bond donors (Lipinski definition) is 0. The van der Waals surface area contributed by atoms with Crippen LogP contribution in [0.2, 0.25) is 0 Å². The Kier molecular flexibility index (Phi) is 5.23. The molecule has 0 N–H and O–H groups in total. The summed E-state index contributed by atoms with van der Waals surface area (Å²) in [6.45, 7) is 5.86. The lowest BCUT2D eigenvalue weighted by Gasteiger charge is -2.11. The topological polar surface area (TPSA) is 47.8 Å². The van der Waals surface area contributed by atoms with Crippen molar-refractivity contribution in [2.75, 3.05) is 0 Å². The van der Waals surface area contributed by atoms with E-state index in [4.69, 9.17) is 0 Å². The number of aromatic nitrogens is 3. The number of carbonyl (C=O) groups is 1. The number of Topliss-reactive ketones (excluding diaryl/α,β-unsaturated/α-hetero) is 1. The van der Waals surface area contributed by atoms with Gasteiger partial charge in [0.2, 0.25) is 0 Å². The molecule has 0 bridgehead atoms. The lowest BCUT2D eigenvalue weighted by molar-refractivity contribution is 0.0993. The van der Waals surface area contributed by atoms with Crippen LogP contribution in [0.25, 0.3) is 11.4 Å². The molecule has 4 nitrogen and oxygen atoms in total. The highest BCUT2D eigenvalue weighted by Gasteiger charge is 2.21. The summed E-state index contributed by atoms with van der Waals surface area (Å²) in [4.78, 5) is 12.7. The quantitative estimate of drug-likeness (QED) is 0.487. The SMILES string of the molecule is Cc1ccc(C(=O)[C@H](C)Sc2nnc(-c3ccccc3F)n2C)cc1C. The molecular weight excluding hydrogens is 349 g/mol. The molecule has 3 aromatic rings. The van der Waals surface area contributed by atoms with Crippen LogP contribution in [-0.2, 0) is 7.05 Å². The van der Waals surface area contributed by atoms with Gasteiger partial charge in [0.05, 0.1) is 10.8 Å². The first-order valence-corrected chi connectivity index (χ1v) is 9.19. The number of benzene rings is 2. The van der Waals surface area contributed by atoms with E-state index in [2.05, 4.69) is 10.2 Å². The average molecular weight is 369 g/mol. The molecule has 0 spiro atoms. The van der Waals surface area contributed by atoms with Crippen LogP contribution in [0, 0.1) is 19.7 Å². The van der Waals surface area contributed by atoms with E-state index >= 15 is 0 Å². The fourth-order valence-corrected chi connectivity index (χ4v) is 3.53. The molecule has 0 unspecified atom stereocenters. The van der Waals surface area contributed by atoms with E-state index in [1.54, 1.807) is 29.8 Å². The molecule has 0 saturated carbocycles. The Labute approximate surface area is 156 Å². The van der Waals surface area contributed by atoms with E-state index in [1.165, 1.54) is 17.8 Å². The molecular formula is C20H20FN3OS. The van der Waals surface area contributed by atoms with Gasteiger partial charge in [-0.05, 0) is 50.1 Å². The minimum atomic E-state index is -0.348. The number of carbonyl (C=O) groups excluding carboxylic acids is 1. The van der Waals surface area contributed by atoms with Crippen LogP contribution in [0.15, 0.2) is 47.6 Å². The number of thioether (sulfide) groups is 1. The van der Waals surface area contributed by atoms with Crippen molar-refractivity contribution in [1.29, 1.82) is 0 Å². The highest BCUT2D eigenvalue weighted by molar-refractivity contribution is 8.00. The van der Waals surface area contributed by atoms with Gasteiger partial charge < -0.3 is 4.57 Å². The molecule has 0 aliphatic carbocycles. The molecule has 0 radical (unpaired) electrons.